The highest BCUT2D eigenvalue weighted by Gasteiger charge is 2.17. The third kappa shape index (κ3) is 4.38. The number of hydrogen-bond acceptors (Lipinski definition) is 3. The molecule has 0 spiro atoms. The number of hydrogen-bond donors (Lipinski definition) is 3. The highest BCUT2D eigenvalue weighted by molar-refractivity contribution is 6.00. The first-order valence-electron chi connectivity index (χ1n) is 6.30. The Hall–Kier alpha value is -2.37. The smallest absolute Gasteiger partial charge is 0.337 e. The Balaban J connectivity index is 2.63. The van der Waals surface area contributed by atoms with E-state index in [2.05, 4.69) is 5.32 Å². The van der Waals surface area contributed by atoms with Gasteiger partial charge in [-0.05, 0) is 25.0 Å². The third-order valence-electron chi connectivity index (χ3n) is 2.99. The lowest BCUT2D eigenvalue weighted by atomic mass is 10.0. The Morgan fingerprint density at radius 1 is 1.20 bits per heavy atom. The average molecular weight is 279 g/mol. The van der Waals surface area contributed by atoms with E-state index in [-0.39, 0.29) is 24.1 Å². The number of aliphatic carboxylic acids is 1. The topological polar surface area (TPSA) is 104 Å². The molecule has 0 heterocycles. The van der Waals surface area contributed by atoms with E-state index in [1.807, 2.05) is 0 Å². The molecular weight excluding hydrogens is 262 g/mol. The van der Waals surface area contributed by atoms with Crippen molar-refractivity contribution in [2.75, 3.05) is 5.32 Å². The number of anilines is 1. The maximum atomic E-state index is 11.7. The zero-order valence-corrected chi connectivity index (χ0v) is 11.1. The molecule has 0 aliphatic carbocycles. The van der Waals surface area contributed by atoms with Gasteiger partial charge in [0, 0.05) is 6.42 Å². The molecule has 0 aliphatic rings. The Morgan fingerprint density at radius 2 is 1.85 bits per heavy atom. The maximum absolute atomic E-state index is 11.7. The van der Waals surface area contributed by atoms with Crippen LogP contribution in [0.3, 0.4) is 0 Å². The fourth-order valence-electron chi connectivity index (χ4n) is 1.80. The van der Waals surface area contributed by atoms with Crippen LogP contribution in [0.4, 0.5) is 5.69 Å². The first-order valence-corrected chi connectivity index (χ1v) is 6.30. The Labute approximate surface area is 116 Å². The van der Waals surface area contributed by atoms with Gasteiger partial charge in [0.25, 0.3) is 0 Å². The monoisotopic (exact) mass is 279 g/mol. The molecule has 1 aromatic carbocycles. The summed E-state index contributed by atoms with van der Waals surface area (Å²) in [5.74, 6) is -3.00. The van der Waals surface area contributed by atoms with Gasteiger partial charge in [0.05, 0.1) is 17.2 Å². The van der Waals surface area contributed by atoms with Gasteiger partial charge in [-0.25, -0.2) is 4.79 Å². The Bertz CT molecular complexity index is 512. The van der Waals surface area contributed by atoms with Crippen molar-refractivity contribution in [1.82, 2.24) is 0 Å². The largest absolute Gasteiger partial charge is 0.481 e. The van der Waals surface area contributed by atoms with E-state index in [4.69, 9.17) is 10.2 Å². The summed E-state index contributed by atoms with van der Waals surface area (Å²) >= 11 is 0. The van der Waals surface area contributed by atoms with E-state index in [1.54, 1.807) is 19.1 Å². The molecule has 0 aromatic heterocycles. The average Bonchev–Trinajstić information content (AvgIpc) is 2.39. The van der Waals surface area contributed by atoms with Crippen LogP contribution >= 0.6 is 0 Å². The number of rotatable bonds is 7. The van der Waals surface area contributed by atoms with Crippen molar-refractivity contribution in [3.8, 4) is 0 Å². The zero-order valence-electron chi connectivity index (χ0n) is 11.1. The van der Waals surface area contributed by atoms with Crippen LogP contribution in [-0.2, 0) is 9.59 Å². The summed E-state index contributed by atoms with van der Waals surface area (Å²) in [6.45, 7) is 1.75. The van der Waals surface area contributed by atoms with Crippen molar-refractivity contribution < 1.29 is 24.6 Å². The van der Waals surface area contributed by atoms with Gasteiger partial charge in [-0.3, -0.25) is 9.59 Å². The molecular formula is C14H17NO5. The van der Waals surface area contributed by atoms with Crippen molar-refractivity contribution in [2.45, 2.75) is 26.2 Å². The summed E-state index contributed by atoms with van der Waals surface area (Å²) in [5.41, 5.74) is 0.222. The van der Waals surface area contributed by atoms with Crippen molar-refractivity contribution in [3.63, 3.8) is 0 Å². The number of amides is 1. The molecule has 0 bridgehead atoms. The van der Waals surface area contributed by atoms with E-state index in [9.17, 15) is 14.4 Å². The van der Waals surface area contributed by atoms with Crippen molar-refractivity contribution in [2.24, 2.45) is 5.92 Å². The predicted octanol–water partition coefficient (Wildman–Crippen LogP) is 2.21. The fourth-order valence-corrected chi connectivity index (χ4v) is 1.80. The summed E-state index contributed by atoms with van der Waals surface area (Å²) < 4.78 is 0. The van der Waals surface area contributed by atoms with Crippen LogP contribution < -0.4 is 5.32 Å². The minimum Gasteiger partial charge on any atom is -0.481 e. The van der Waals surface area contributed by atoms with Crippen LogP contribution in [0.25, 0.3) is 0 Å². The van der Waals surface area contributed by atoms with Gasteiger partial charge in [-0.1, -0.05) is 19.1 Å². The van der Waals surface area contributed by atoms with Gasteiger partial charge in [-0.15, -0.1) is 0 Å². The number of para-hydroxylation sites is 1. The minimum absolute atomic E-state index is 0.00567. The predicted molar refractivity (Wildman–Crippen MR) is 72.7 cm³/mol. The molecule has 1 atom stereocenters. The van der Waals surface area contributed by atoms with Gasteiger partial charge in [0.15, 0.2) is 0 Å². The van der Waals surface area contributed by atoms with Crippen molar-refractivity contribution >= 4 is 23.5 Å². The van der Waals surface area contributed by atoms with E-state index in [0.29, 0.717) is 6.42 Å². The number of benzene rings is 1. The molecule has 0 unspecified atom stereocenters. The quantitative estimate of drug-likeness (QED) is 0.710. The lowest BCUT2D eigenvalue weighted by molar-refractivity contribution is -0.142. The molecule has 0 aliphatic heterocycles. The molecule has 6 heteroatoms. The second kappa shape index (κ2) is 7.28. The highest BCUT2D eigenvalue weighted by Crippen LogP contribution is 2.17. The normalized spacial score (nSPS) is 11.7. The lowest BCUT2D eigenvalue weighted by Gasteiger charge is -2.11. The summed E-state index contributed by atoms with van der Waals surface area (Å²) in [6, 6.07) is 6.07. The van der Waals surface area contributed by atoms with E-state index in [1.165, 1.54) is 12.1 Å². The Kier molecular flexibility index (Phi) is 5.71. The third-order valence-corrected chi connectivity index (χ3v) is 2.99. The van der Waals surface area contributed by atoms with Crippen LogP contribution in [-0.4, -0.2) is 28.1 Å². The number of nitrogens with one attached hydrogen (secondary N) is 1. The number of carboxylic acid groups (broad SMARTS) is 2. The van der Waals surface area contributed by atoms with Crippen LogP contribution in [0.15, 0.2) is 24.3 Å². The molecule has 0 radical (unpaired) electrons. The molecule has 0 saturated heterocycles. The molecule has 3 N–H and O–H groups in total. The lowest BCUT2D eigenvalue weighted by Crippen LogP contribution is -2.18. The first kappa shape index (κ1) is 15.7. The zero-order chi connectivity index (χ0) is 15.1. The van der Waals surface area contributed by atoms with Gasteiger partial charge in [-0.2, -0.15) is 0 Å². The molecule has 1 amide bonds. The molecule has 6 nitrogen and oxygen atoms in total. The van der Waals surface area contributed by atoms with Gasteiger partial charge in [0.1, 0.15) is 0 Å². The summed E-state index contributed by atoms with van der Waals surface area (Å²) in [6.07, 6.45) is 0.722. The maximum Gasteiger partial charge on any atom is 0.337 e. The first-order chi connectivity index (χ1) is 9.45. The molecule has 20 heavy (non-hydrogen) atoms. The standard InChI is InChI=1S/C14H17NO5/c1-2-9(13(17)18)7-8-12(16)15-11-6-4-3-5-10(11)14(19)20/h3-6,9H,2,7-8H2,1H3,(H,15,16)(H,17,18)(H,19,20)/t9-/m1/s1. The number of carboxylic acids is 2. The van der Waals surface area contributed by atoms with Gasteiger partial charge < -0.3 is 15.5 Å². The minimum atomic E-state index is -1.13. The van der Waals surface area contributed by atoms with E-state index < -0.39 is 23.8 Å². The van der Waals surface area contributed by atoms with Gasteiger partial charge in [0.2, 0.25) is 5.91 Å². The fraction of sp³-hybridized carbons (Fsp3) is 0.357. The van der Waals surface area contributed by atoms with Crippen LogP contribution in [0.2, 0.25) is 0 Å². The van der Waals surface area contributed by atoms with Crippen LogP contribution in [0.1, 0.15) is 36.5 Å². The van der Waals surface area contributed by atoms with Crippen LogP contribution in [0, 0.1) is 5.92 Å². The van der Waals surface area contributed by atoms with Crippen molar-refractivity contribution in [3.05, 3.63) is 29.8 Å². The number of carbonyl (C=O) groups is 3. The summed E-state index contributed by atoms with van der Waals surface area (Å²) in [4.78, 5) is 33.5. The number of aromatic carboxylic acids is 1. The molecule has 108 valence electrons. The van der Waals surface area contributed by atoms with Gasteiger partial charge >= 0.3 is 11.9 Å². The van der Waals surface area contributed by atoms with E-state index in [0.717, 1.165) is 0 Å². The second-order valence-corrected chi connectivity index (χ2v) is 4.38. The Morgan fingerprint density at radius 3 is 2.40 bits per heavy atom. The number of carbonyl (C=O) groups excluding carboxylic acids is 1. The molecule has 0 fully saturated rings. The van der Waals surface area contributed by atoms with Crippen molar-refractivity contribution in [1.29, 1.82) is 0 Å². The highest BCUT2D eigenvalue weighted by atomic mass is 16.4. The van der Waals surface area contributed by atoms with E-state index >= 15 is 0 Å². The van der Waals surface area contributed by atoms with Crippen LogP contribution in [0.5, 0.6) is 0 Å². The molecule has 1 aromatic rings. The second-order valence-electron chi connectivity index (χ2n) is 4.38. The summed E-state index contributed by atoms with van der Waals surface area (Å²) in [7, 11) is 0. The summed E-state index contributed by atoms with van der Waals surface area (Å²) in [5, 5.41) is 20.4. The molecule has 0 saturated carbocycles. The SMILES string of the molecule is CC[C@H](CCC(=O)Nc1ccccc1C(=O)O)C(=O)O. The molecule has 1 rings (SSSR count).